The van der Waals surface area contributed by atoms with Gasteiger partial charge in [0.25, 0.3) is 0 Å². The maximum Gasteiger partial charge on any atom is 0.407 e. The third-order valence-electron chi connectivity index (χ3n) is 3.34. The fourth-order valence-corrected chi connectivity index (χ4v) is 2.45. The lowest BCUT2D eigenvalue weighted by Gasteiger charge is -2.33. The molecule has 1 saturated carbocycles. The molecule has 0 aromatic heterocycles. The minimum absolute atomic E-state index is 0.280. The molecule has 0 bridgehead atoms. The molecule has 0 aliphatic heterocycles. The highest BCUT2D eigenvalue weighted by molar-refractivity contribution is 5.73. The van der Waals surface area contributed by atoms with Gasteiger partial charge in [0.05, 0.1) is 18.6 Å². The van der Waals surface area contributed by atoms with Crippen molar-refractivity contribution in [1.29, 1.82) is 0 Å². The third kappa shape index (κ3) is 5.81. The quantitative estimate of drug-likeness (QED) is 0.372. The first-order chi connectivity index (χ1) is 10.3. The van der Waals surface area contributed by atoms with Gasteiger partial charge in [-0.25, -0.2) is 4.79 Å². The maximum atomic E-state index is 11.9. The second-order valence-electron chi connectivity index (χ2n) is 6.29. The van der Waals surface area contributed by atoms with Gasteiger partial charge in [-0.1, -0.05) is 5.11 Å². The molecule has 0 unspecified atom stereocenters. The molecule has 1 rings (SSSR count). The Morgan fingerprint density at radius 2 is 2.05 bits per heavy atom. The van der Waals surface area contributed by atoms with Gasteiger partial charge in [-0.2, -0.15) is 0 Å². The van der Waals surface area contributed by atoms with E-state index < -0.39 is 17.7 Å². The third-order valence-corrected chi connectivity index (χ3v) is 3.34. The summed E-state index contributed by atoms with van der Waals surface area (Å²) in [4.78, 5) is 26.6. The normalized spacial score (nSPS) is 24.8. The van der Waals surface area contributed by atoms with Crippen LogP contribution in [0, 0.1) is 5.92 Å². The highest BCUT2D eigenvalue weighted by Crippen LogP contribution is 2.28. The summed E-state index contributed by atoms with van der Waals surface area (Å²) in [5.41, 5.74) is 8.02. The van der Waals surface area contributed by atoms with Crippen LogP contribution < -0.4 is 5.32 Å². The van der Waals surface area contributed by atoms with Crippen molar-refractivity contribution in [2.24, 2.45) is 11.0 Å². The van der Waals surface area contributed by atoms with Crippen molar-refractivity contribution >= 4 is 12.1 Å². The number of alkyl carbamates (subject to hydrolysis) is 1. The maximum absolute atomic E-state index is 11.9. The van der Waals surface area contributed by atoms with Crippen LogP contribution in [-0.2, 0) is 14.3 Å². The van der Waals surface area contributed by atoms with Crippen LogP contribution in [0.4, 0.5) is 4.79 Å². The zero-order valence-corrected chi connectivity index (χ0v) is 13.5. The van der Waals surface area contributed by atoms with Crippen LogP contribution in [0.3, 0.4) is 0 Å². The first-order valence-corrected chi connectivity index (χ1v) is 7.47. The molecule has 0 spiro atoms. The predicted molar refractivity (Wildman–Crippen MR) is 80.1 cm³/mol. The number of nitrogens with zero attached hydrogens (tertiary/aromatic N) is 3. The van der Waals surface area contributed by atoms with E-state index in [1.807, 2.05) is 0 Å². The molecule has 0 aromatic rings. The lowest BCUT2D eigenvalue weighted by molar-refractivity contribution is -0.149. The molecule has 3 atom stereocenters. The number of rotatable bonds is 4. The van der Waals surface area contributed by atoms with Crippen molar-refractivity contribution in [1.82, 2.24) is 5.32 Å². The van der Waals surface area contributed by atoms with E-state index in [0.29, 0.717) is 25.9 Å². The summed E-state index contributed by atoms with van der Waals surface area (Å²) in [6, 6.07) is -0.822. The van der Waals surface area contributed by atoms with E-state index >= 15 is 0 Å². The second-order valence-corrected chi connectivity index (χ2v) is 6.29. The van der Waals surface area contributed by atoms with E-state index in [2.05, 4.69) is 15.3 Å². The summed E-state index contributed by atoms with van der Waals surface area (Å²) in [6.45, 7) is 7.36. The number of carbonyl (C=O) groups is 2. The monoisotopic (exact) mass is 312 g/mol. The van der Waals surface area contributed by atoms with Gasteiger partial charge >= 0.3 is 12.1 Å². The first kappa shape index (κ1) is 18.1. The molecule has 1 amide bonds. The van der Waals surface area contributed by atoms with Crippen LogP contribution in [-0.4, -0.2) is 36.4 Å². The largest absolute Gasteiger partial charge is 0.466 e. The van der Waals surface area contributed by atoms with E-state index in [0.717, 1.165) is 0 Å². The van der Waals surface area contributed by atoms with Crippen LogP contribution in [0.5, 0.6) is 0 Å². The predicted octanol–water partition coefficient (Wildman–Crippen LogP) is 2.92. The van der Waals surface area contributed by atoms with E-state index in [1.54, 1.807) is 27.7 Å². The molecule has 8 heteroatoms. The minimum atomic E-state index is -0.618. The van der Waals surface area contributed by atoms with E-state index in [1.165, 1.54) is 0 Å². The van der Waals surface area contributed by atoms with Crippen LogP contribution >= 0.6 is 0 Å². The van der Waals surface area contributed by atoms with Crippen LogP contribution in [0.2, 0.25) is 0 Å². The number of hydrogen-bond donors (Lipinski definition) is 1. The van der Waals surface area contributed by atoms with Crippen molar-refractivity contribution < 1.29 is 19.1 Å². The van der Waals surface area contributed by atoms with Crippen LogP contribution in [0.25, 0.3) is 10.4 Å². The van der Waals surface area contributed by atoms with E-state index in [-0.39, 0.29) is 17.9 Å². The Kier molecular flexibility index (Phi) is 6.49. The summed E-state index contributed by atoms with van der Waals surface area (Å²) < 4.78 is 10.2. The molecule has 8 nitrogen and oxygen atoms in total. The lowest BCUT2D eigenvalue weighted by atomic mass is 9.82. The summed E-state index contributed by atoms with van der Waals surface area (Å²) in [5, 5.41) is 6.42. The molecular formula is C14H24N4O4. The average molecular weight is 312 g/mol. The smallest absolute Gasteiger partial charge is 0.407 e. The number of hydrogen-bond acceptors (Lipinski definition) is 5. The van der Waals surface area contributed by atoms with Gasteiger partial charge in [-0.15, -0.1) is 0 Å². The van der Waals surface area contributed by atoms with Gasteiger partial charge in [0.15, 0.2) is 0 Å². The van der Waals surface area contributed by atoms with Crippen molar-refractivity contribution in [3.8, 4) is 0 Å². The molecule has 1 fully saturated rings. The highest BCUT2D eigenvalue weighted by Gasteiger charge is 2.35. The van der Waals surface area contributed by atoms with Crippen molar-refractivity contribution in [2.75, 3.05) is 6.61 Å². The molecule has 22 heavy (non-hydrogen) atoms. The van der Waals surface area contributed by atoms with Gasteiger partial charge in [-0.3, -0.25) is 4.79 Å². The van der Waals surface area contributed by atoms with E-state index in [4.69, 9.17) is 15.0 Å². The summed E-state index contributed by atoms with van der Waals surface area (Å²) in [7, 11) is 0. The second kappa shape index (κ2) is 7.89. The molecule has 0 saturated heterocycles. The Labute approximate surface area is 130 Å². The molecule has 1 aliphatic carbocycles. The molecule has 1 N–H and O–H groups in total. The SMILES string of the molecule is CCOC(=O)[C@@H]1CC[C@@H](N=[N+]=[N-])[C@H](NC(=O)OC(C)(C)C)C1. The van der Waals surface area contributed by atoms with Gasteiger partial charge in [-0.05, 0) is 52.5 Å². The minimum Gasteiger partial charge on any atom is -0.466 e. The molecule has 0 aromatic carbocycles. The first-order valence-electron chi connectivity index (χ1n) is 7.47. The lowest BCUT2D eigenvalue weighted by Crippen LogP contribution is -2.49. The Morgan fingerprint density at radius 3 is 2.59 bits per heavy atom. The Morgan fingerprint density at radius 1 is 1.36 bits per heavy atom. The number of ether oxygens (including phenoxy) is 2. The van der Waals surface area contributed by atoms with Gasteiger partial charge in [0, 0.05) is 11.0 Å². The van der Waals surface area contributed by atoms with Gasteiger partial charge in [0.1, 0.15) is 5.60 Å². The molecule has 1 aliphatic rings. The number of amides is 1. The number of nitrogens with one attached hydrogen (secondary N) is 1. The number of azide groups is 1. The van der Waals surface area contributed by atoms with Crippen LogP contribution in [0.15, 0.2) is 5.11 Å². The summed E-state index contributed by atoms with van der Waals surface area (Å²) in [5.74, 6) is -0.581. The zero-order valence-electron chi connectivity index (χ0n) is 13.5. The Balaban J connectivity index is 2.73. The average Bonchev–Trinajstić information content (AvgIpc) is 2.39. The van der Waals surface area contributed by atoms with E-state index in [9.17, 15) is 9.59 Å². The van der Waals surface area contributed by atoms with Gasteiger partial charge < -0.3 is 14.8 Å². The van der Waals surface area contributed by atoms with Crippen LogP contribution in [0.1, 0.15) is 47.0 Å². The molecule has 124 valence electrons. The number of esters is 1. The zero-order chi connectivity index (χ0) is 16.8. The molecule has 0 heterocycles. The van der Waals surface area contributed by atoms with Gasteiger partial charge in [0.2, 0.25) is 0 Å². The standard InChI is InChI=1S/C14H24N4O4/c1-5-21-12(19)9-6-7-10(17-18-15)11(8-9)16-13(20)22-14(2,3)4/h9-11H,5-8H2,1-4H3,(H,16,20)/t9-,10-,11-/m1/s1. The molecular weight excluding hydrogens is 288 g/mol. The summed E-state index contributed by atoms with van der Waals surface area (Å²) >= 11 is 0. The fraction of sp³-hybridized carbons (Fsp3) is 0.857. The number of carbonyl (C=O) groups excluding carboxylic acids is 2. The van der Waals surface area contributed by atoms with Crippen molar-refractivity contribution in [3.05, 3.63) is 10.4 Å². The Bertz CT molecular complexity index is 454. The van der Waals surface area contributed by atoms with Crippen molar-refractivity contribution in [2.45, 2.75) is 64.6 Å². The van der Waals surface area contributed by atoms with Crippen molar-refractivity contribution in [3.63, 3.8) is 0 Å². The molecule has 0 radical (unpaired) electrons. The Hall–Kier alpha value is -1.95. The fourth-order valence-electron chi connectivity index (χ4n) is 2.45. The topological polar surface area (TPSA) is 113 Å². The summed E-state index contributed by atoms with van der Waals surface area (Å²) in [6.07, 6.45) is 0.894. The highest BCUT2D eigenvalue weighted by atomic mass is 16.6.